The Labute approximate surface area is 282 Å². The number of hydrogen-bond donors (Lipinski definition) is 4. The number of nitrogens with two attached hydrogens (primary N) is 1. The molecule has 0 fully saturated rings. The van der Waals surface area contributed by atoms with Crippen LogP contribution in [0.4, 0.5) is 39.8 Å². The monoisotopic (exact) mass is 711 g/mol. The molecule has 0 heterocycles. The molecule has 6 aromatic rings. The van der Waals surface area contributed by atoms with Gasteiger partial charge < -0.3 is 30.2 Å². The van der Waals surface area contributed by atoms with E-state index in [0.717, 1.165) is 12.1 Å². The van der Waals surface area contributed by atoms with Crippen molar-refractivity contribution in [3.05, 3.63) is 97.1 Å². The number of hydrogen-bond acceptors (Lipinski definition) is 16. The van der Waals surface area contributed by atoms with Crippen LogP contribution in [0.25, 0.3) is 21.5 Å². The largest absolute Gasteiger partial charge is 0.744 e. The summed E-state index contributed by atoms with van der Waals surface area (Å²) in [6.45, 7) is 0. The van der Waals surface area contributed by atoms with Crippen molar-refractivity contribution < 1.29 is 41.3 Å². The molecule has 0 spiro atoms. The lowest BCUT2D eigenvalue weighted by Crippen LogP contribution is -1.99. The highest BCUT2D eigenvalue weighted by Crippen LogP contribution is 2.44. The molecule has 0 atom stereocenters. The second-order valence-corrected chi connectivity index (χ2v) is 13.3. The fourth-order valence-corrected chi connectivity index (χ4v) is 6.07. The van der Waals surface area contributed by atoms with Gasteiger partial charge in [0, 0.05) is 16.5 Å². The zero-order valence-corrected chi connectivity index (χ0v) is 26.7. The number of benzene rings is 6. The van der Waals surface area contributed by atoms with E-state index in [0.29, 0.717) is 5.69 Å². The highest BCUT2D eigenvalue weighted by atomic mass is 32.2. The van der Waals surface area contributed by atoms with E-state index >= 15 is 0 Å². The number of azo groups is 3. The molecule has 5 N–H and O–H groups in total. The Balaban J connectivity index is 1.29. The van der Waals surface area contributed by atoms with Gasteiger partial charge in [-0.15, -0.1) is 10.2 Å². The number of rotatable bonds is 8. The van der Waals surface area contributed by atoms with Crippen LogP contribution in [0, 0.1) is 0 Å². The highest BCUT2D eigenvalue weighted by molar-refractivity contribution is 7.86. The van der Waals surface area contributed by atoms with Gasteiger partial charge in [-0.2, -0.15) is 20.5 Å². The summed E-state index contributed by atoms with van der Waals surface area (Å²) in [6, 6.07) is 22.0. The normalized spacial score (nSPS) is 12.6. The van der Waals surface area contributed by atoms with E-state index in [4.69, 9.17) is 5.73 Å². The van der Waals surface area contributed by atoms with E-state index in [1.54, 1.807) is 0 Å². The van der Waals surface area contributed by atoms with Gasteiger partial charge in [-0.3, -0.25) is 0 Å². The number of phenols is 3. The molecule has 0 aliphatic carbocycles. The SMILES string of the molecule is Nc1ccc2c(O)c(N=Nc3ccc(N=Nc4c(S(=O)(=O)[O-])cc5cc(N=Nc6ccc(O)cc6)ccc5c4O)cc3)c(S(=O)(=O)[O-])cc2c1. The Bertz CT molecular complexity index is 2630. The number of phenolic OH excluding ortho intramolecular Hbond substituents is 3. The number of anilines is 1. The summed E-state index contributed by atoms with van der Waals surface area (Å²) >= 11 is 0. The van der Waals surface area contributed by atoms with Gasteiger partial charge in [0.2, 0.25) is 0 Å². The van der Waals surface area contributed by atoms with Gasteiger partial charge in [0.25, 0.3) is 0 Å². The minimum Gasteiger partial charge on any atom is -0.744 e. The third kappa shape index (κ3) is 7.08. The summed E-state index contributed by atoms with van der Waals surface area (Å²) in [6.07, 6.45) is 0. The summed E-state index contributed by atoms with van der Waals surface area (Å²) in [5.74, 6) is -1.18. The molecule has 0 radical (unpaired) electrons. The van der Waals surface area contributed by atoms with Gasteiger partial charge >= 0.3 is 0 Å². The maximum absolute atomic E-state index is 12.2. The van der Waals surface area contributed by atoms with Crippen LogP contribution < -0.4 is 5.73 Å². The first-order valence-electron chi connectivity index (χ1n) is 14.1. The third-order valence-corrected chi connectivity index (χ3v) is 8.86. The van der Waals surface area contributed by atoms with Gasteiger partial charge in [-0.1, -0.05) is 0 Å². The summed E-state index contributed by atoms with van der Waals surface area (Å²) in [4.78, 5) is -1.65. The first kappa shape index (κ1) is 33.6. The van der Waals surface area contributed by atoms with Crippen molar-refractivity contribution in [2.75, 3.05) is 5.73 Å². The van der Waals surface area contributed by atoms with Crippen LogP contribution in [0.2, 0.25) is 0 Å². The molecular formula is C32H21N7O9S2-2. The Morgan fingerprint density at radius 2 is 0.860 bits per heavy atom. The number of fused-ring (bicyclic) bond motifs is 2. The molecule has 0 saturated carbocycles. The summed E-state index contributed by atoms with van der Waals surface area (Å²) in [7, 11) is -10.2. The van der Waals surface area contributed by atoms with Crippen LogP contribution in [0.3, 0.4) is 0 Å². The number of nitrogens with zero attached hydrogens (tertiary/aromatic N) is 6. The maximum atomic E-state index is 12.2. The lowest BCUT2D eigenvalue weighted by Gasteiger charge is -2.13. The minimum atomic E-state index is -5.16. The van der Waals surface area contributed by atoms with Gasteiger partial charge in [-0.25, -0.2) is 16.8 Å². The lowest BCUT2D eigenvalue weighted by atomic mass is 10.1. The predicted octanol–water partition coefficient (Wildman–Crippen LogP) is 7.75. The topological polar surface area (TPSA) is 275 Å². The van der Waals surface area contributed by atoms with Crippen molar-refractivity contribution in [1.29, 1.82) is 0 Å². The van der Waals surface area contributed by atoms with Gasteiger partial charge in [0.15, 0.2) is 11.5 Å². The van der Waals surface area contributed by atoms with Crippen LogP contribution in [-0.4, -0.2) is 41.3 Å². The highest BCUT2D eigenvalue weighted by Gasteiger charge is 2.19. The molecule has 0 aliphatic heterocycles. The van der Waals surface area contributed by atoms with Crippen LogP contribution in [0.5, 0.6) is 17.2 Å². The quantitative estimate of drug-likeness (QED) is 0.0676. The molecule has 16 nitrogen and oxygen atoms in total. The lowest BCUT2D eigenvalue weighted by molar-refractivity contribution is 0.457. The summed E-state index contributed by atoms with van der Waals surface area (Å²) in [5, 5.41) is 55.4. The first-order valence-corrected chi connectivity index (χ1v) is 16.9. The fraction of sp³-hybridized carbons (Fsp3) is 0. The van der Waals surface area contributed by atoms with Crippen molar-refractivity contribution in [3.63, 3.8) is 0 Å². The molecule has 0 aliphatic rings. The van der Waals surface area contributed by atoms with Gasteiger partial charge in [0.1, 0.15) is 37.4 Å². The zero-order chi connectivity index (χ0) is 35.8. The van der Waals surface area contributed by atoms with E-state index in [-0.39, 0.29) is 50.0 Å². The van der Waals surface area contributed by atoms with Crippen molar-refractivity contribution in [2.45, 2.75) is 9.79 Å². The van der Waals surface area contributed by atoms with Crippen LogP contribution >= 0.6 is 0 Å². The molecule has 0 aromatic heterocycles. The van der Waals surface area contributed by atoms with Crippen LogP contribution in [0.15, 0.2) is 138 Å². The van der Waals surface area contributed by atoms with E-state index < -0.39 is 52.9 Å². The van der Waals surface area contributed by atoms with Crippen molar-refractivity contribution in [3.8, 4) is 17.2 Å². The Morgan fingerprint density at radius 3 is 1.34 bits per heavy atom. The van der Waals surface area contributed by atoms with E-state index in [9.17, 15) is 41.3 Å². The molecule has 50 heavy (non-hydrogen) atoms. The Hall–Kier alpha value is -6.34. The Morgan fingerprint density at radius 1 is 0.480 bits per heavy atom. The third-order valence-electron chi connectivity index (χ3n) is 7.16. The molecule has 0 amide bonds. The standard InChI is InChI=1S/C32H23N7O9S2/c33-19-1-11-25-17(13-19)15-27(49(43,44)45)29(31(25)41)38-35-20-2-4-21(5-3-20)36-39-30-28(50(46,47)48)16-18-14-23(8-12-26(18)32(30)42)37-34-22-6-9-24(40)10-7-22/h1-16,40-42H,33H2,(H,43,44,45)(H,46,47,48)/p-2. The predicted molar refractivity (Wildman–Crippen MR) is 179 cm³/mol. The zero-order valence-electron chi connectivity index (χ0n) is 25.1. The second-order valence-electron chi connectivity index (χ2n) is 10.6. The van der Waals surface area contributed by atoms with Gasteiger partial charge in [0.05, 0.1) is 32.5 Å². The van der Waals surface area contributed by atoms with E-state index in [1.165, 1.54) is 84.9 Å². The first-order chi connectivity index (χ1) is 23.7. The smallest absolute Gasteiger partial charge is 0.152 e. The molecule has 0 bridgehead atoms. The van der Waals surface area contributed by atoms with Crippen molar-refractivity contribution >= 4 is 81.6 Å². The molecule has 0 saturated heterocycles. The average molecular weight is 712 g/mol. The van der Waals surface area contributed by atoms with E-state index in [1.807, 2.05) is 0 Å². The molecule has 6 aromatic carbocycles. The van der Waals surface area contributed by atoms with Crippen molar-refractivity contribution in [1.82, 2.24) is 0 Å². The second kappa shape index (κ2) is 12.9. The molecule has 18 heteroatoms. The van der Waals surface area contributed by atoms with Crippen LogP contribution in [0.1, 0.15) is 0 Å². The molecule has 252 valence electrons. The van der Waals surface area contributed by atoms with Crippen LogP contribution in [-0.2, 0) is 20.2 Å². The summed E-state index contributed by atoms with van der Waals surface area (Å²) in [5.41, 5.74) is 5.79. The minimum absolute atomic E-state index is 0.0481. The van der Waals surface area contributed by atoms with E-state index in [2.05, 4.69) is 30.7 Å². The fourth-order valence-electron chi connectivity index (χ4n) is 4.78. The molecule has 0 unspecified atom stereocenters. The number of nitrogen functional groups attached to an aromatic ring is 1. The summed E-state index contributed by atoms with van der Waals surface area (Å²) < 4.78 is 72.4. The van der Waals surface area contributed by atoms with Gasteiger partial charge in [-0.05, 0) is 108 Å². The molecular weight excluding hydrogens is 691 g/mol. The molecule has 6 rings (SSSR count). The average Bonchev–Trinajstić information content (AvgIpc) is 3.06. The van der Waals surface area contributed by atoms with Crippen molar-refractivity contribution in [2.24, 2.45) is 30.7 Å². The number of aromatic hydroxyl groups is 3. The Kier molecular flexibility index (Phi) is 8.68. The maximum Gasteiger partial charge on any atom is 0.152 e.